The van der Waals surface area contributed by atoms with E-state index in [2.05, 4.69) is 0 Å². The standard InChI is InChI=1S/C30H38N2O6.C2HF3O2/c1-21-16-28(37-23(21)3)19-31(18-27-9-8-22(2)36-27)30(34)38-29-20-32(13-10-24(29)11-14-32)12-5-15-35-26-7-4-6-25(33)17-26;3-2(4,5)1(6)7/h4,6-9,16-17,24,29H,5,10-15,18-20H2,1-3H3;(H,6,7)/t24?,29-,32?;/m0./s1. The summed E-state index contributed by atoms with van der Waals surface area (Å²) in [6, 6.07) is 12.7. The second-order valence-corrected chi connectivity index (χ2v) is 11.8. The number of halogens is 3. The molecule has 3 aliphatic heterocycles. The third-order valence-electron chi connectivity index (χ3n) is 8.35. The zero-order valence-corrected chi connectivity index (χ0v) is 25.6. The number of piperidine rings is 3. The summed E-state index contributed by atoms with van der Waals surface area (Å²) >= 11 is 0. The summed E-state index contributed by atoms with van der Waals surface area (Å²) in [6.45, 7) is 11.2. The summed E-state index contributed by atoms with van der Waals surface area (Å²) in [5, 5.41) is 18.4. The maximum atomic E-state index is 13.5. The SMILES string of the molecule is Cc1ccc(CN(Cc2cc(C)c(C)o2)C(=O)O[C@H]2C[N+]3(CCCOc4cccc(O)c4)CCC2CC3)o1.O=C([O-])C(F)(F)F. The molecular weight excluding hydrogens is 597 g/mol. The highest BCUT2D eigenvalue weighted by atomic mass is 19.4. The minimum absolute atomic E-state index is 0.0992. The van der Waals surface area contributed by atoms with Gasteiger partial charge in [-0.15, -0.1) is 0 Å². The van der Waals surface area contributed by atoms with Crippen molar-refractivity contribution in [3.05, 3.63) is 71.1 Å². The molecule has 5 heterocycles. The second kappa shape index (κ2) is 14.3. The van der Waals surface area contributed by atoms with Gasteiger partial charge in [-0.2, -0.15) is 13.2 Å². The number of phenols is 1. The third-order valence-corrected chi connectivity index (χ3v) is 8.35. The minimum atomic E-state index is -5.19. The minimum Gasteiger partial charge on any atom is -0.542 e. The number of benzene rings is 1. The van der Waals surface area contributed by atoms with Gasteiger partial charge in [0.25, 0.3) is 0 Å². The molecule has 0 unspecified atom stereocenters. The van der Waals surface area contributed by atoms with E-state index in [9.17, 15) is 23.1 Å². The van der Waals surface area contributed by atoms with Crippen LogP contribution in [0.4, 0.5) is 18.0 Å². The molecule has 45 heavy (non-hydrogen) atoms. The van der Waals surface area contributed by atoms with Crippen molar-refractivity contribution in [1.29, 1.82) is 0 Å². The predicted octanol–water partition coefficient (Wildman–Crippen LogP) is 5.02. The summed E-state index contributed by atoms with van der Waals surface area (Å²) in [5.74, 6) is 1.43. The number of alkyl halides is 3. The molecule has 0 spiro atoms. The van der Waals surface area contributed by atoms with Gasteiger partial charge in [0.2, 0.25) is 0 Å². The van der Waals surface area contributed by atoms with Crippen molar-refractivity contribution in [2.45, 2.75) is 65.4 Å². The largest absolute Gasteiger partial charge is 0.542 e. The van der Waals surface area contributed by atoms with E-state index in [0.29, 0.717) is 31.4 Å². The van der Waals surface area contributed by atoms with E-state index >= 15 is 0 Å². The van der Waals surface area contributed by atoms with E-state index in [1.165, 1.54) is 0 Å². The van der Waals surface area contributed by atoms with Crippen molar-refractivity contribution in [1.82, 2.24) is 4.90 Å². The molecule has 3 fully saturated rings. The van der Waals surface area contributed by atoms with Crippen LogP contribution in [0.2, 0.25) is 0 Å². The molecule has 1 amide bonds. The lowest BCUT2D eigenvalue weighted by Gasteiger charge is -2.52. The molecule has 2 aromatic heterocycles. The van der Waals surface area contributed by atoms with Crippen molar-refractivity contribution >= 4 is 12.1 Å². The number of amides is 1. The van der Waals surface area contributed by atoms with Gasteiger partial charge in [0.05, 0.1) is 39.3 Å². The number of carbonyl (C=O) groups is 2. The van der Waals surface area contributed by atoms with Crippen LogP contribution in [0.3, 0.4) is 0 Å². The number of rotatable bonds is 10. The summed E-state index contributed by atoms with van der Waals surface area (Å²) in [4.78, 5) is 24.0. The molecule has 13 heteroatoms. The van der Waals surface area contributed by atoms with Gasteiger partial charge in [-0.25, -0.2) is 4.79 Å². The van der Waals surface area contributed by atoms with Crippen LogP contribution in [-0.4, -0.2) is 71.6 Å². The summed E-state index contributed by atoms with van der Waals surface area (Å²) in [6.07, 6.45) is -2.58. The normalized spacial score (nSPS) is 20.7. The first-order valence-corrected chi connectivity index (χ1v) is 14.8. The van der Waals surface area contributed by atoms with Crippen LogP contribution in [0.5, 0.6) is 11.5 Å². The lowest BCUT2D eigenvalue weighted by molar-refractivity contribution is -0.946. The first kappa shape index (κ1) is 33.8. The maximum absolute atomic E-state index is 13.5. The molecule has 246 valence electrons. The number of fused-ring (bicyclic) bond motifs is 3. The Bertz CT molecular complexity index is 1420. The van der Waals surface area contributed by atoms with Gasteiger partial charge in [-0.3, -0.25) is 4.90 Å². The highest BCUT2D eigenvalue weighted by Gasteiger charge is 2.47. The number of carboxylic acids is 1. The molecule has 0 aliphatic carbocycles. The third kappa shape index (κ3) is 9.43. The Kier molecular flexibility index (Phi) is 10.7. The number of carboxylic acid groups (broad SMARTS) is 1. The number of ether oxygens (including phenoxy) is 2. The topological polar surface area (TPSA) is 125 Å². The number of aryl methyl sites for hydroxylation is 3. The highest BCUT2D eigenvalue weighted by Crippen LogP contribution is 2.36. The van der Waals surface area contributed by atoms with E-state index < -0.39 is 12.1 Å². The Balaban J connectivity index is 0.000000591. The fourth-order valence-electron chi connectivity index (χ4n) is 5.90. The van der Waals surface area contributed by atoms with E-state index in [1.54, 1.807) is 23.1 Å². The zero-order valence-electron chi connectivity index (χ0n) is 25.6. The van der Waals surface area contributed by atoms with Crippen LogP contribution in [0, 0.1) is 26.7 Å². The van der Waals surface area contributed by atoms with Crippen LogP contribution in [0.15, 0.2) is 51.3 Å². The quantitative estimate of drug-likeness (QED) is 0.243. The van der Waals surface area contributed by atoms with Crippen LogP contribution in [-0.2, 0) is 22.6 Å². The van der Waals surface area contributed by atoms with E-state index in [0.717, 1.165) is 78.5 Å². The van der Waals surface area contributed by atoms with Gasteiger partial charge >= 0.3 is 12.3 Å². The fraction of sp³-hybridized carbons (Fsp3) is 0.500. The van der Waals surface area contributed by atoms with Gasteiger partial charge in [0, 0.05) is 31.2 Å². The zero-order chi connectivity index (χ0) is 32.8. The molecule has 0 saturated carbocycles. The Morgan fingerprint density at radius 3 is 2.31 bits per heavy atom. The van der Waals surface area contributed by atoms with Crippen LogP contribution in [0.25, 0.3) is 0 Å². The summed E-state index contributed by atoms with van der Waals surface area (Å²) in [5.41, 5.74) is 1.07. The molecule has 10 nitrogen and oxygen atoms in total. The van der Waals surface area contributed by atoms with Crippen molar-refractivity contribution in [3.8, 4) is 11.5 Å². The first-order valence-electron chi connectivity index (χ1n) is 14.8. The molecule has 3 saturated heterocycles. The predicted molar refractivity (Wildman–Crippen MR) is 153 cm³/mol. The van der Waals surface area contributed by atoms with Crippen molar-refractivity contribution < 1.29 is 55.8 Å². The monoisotopic (exact) mass is 636 g/mol. The molecule has 1 N–H and O–H groups in total. The summed E-state index contributed by atoms with van der Waals surface area (Å²) < 4.78 is 56.2. The number of hydrogen-bond acceptors (Lipinski definition) is 8. The average molecular weight is 637 g/mol. The molecule has 0 radical (unpaired) electrons. The Morgan fingerprint density at radius 2 is 1.73 bits per heavy atom. The smallest absolute Gasteiger partial charge is 0.430 e. The van der Waals surface area contributed by atoms with E-state index in [-0.39, 0.29) is 17.9 Å². The van der Waals surface area contributed by atoms with Gasteiger partial charge in [-0.05, 0) is 56.7 Å². The lowest BCUT2D eigenvalue weighted by Crippen LogP contribution is -2.65. The van der Waals surface area contributed by atoms with E-state index in [4.69, 9.17) is 28.2 Å². The van der Waals surface area contributed by atoms with Crippen LogP contribution >= 0.6 is 0 Å². The molecule has 1 atom stereocenters. The Hall–Kier alpha value is -4.13. The van der Waals surface area contributed by atoms with Gasteiger partial charge in [-0.1, -0.05) is 6.07 Å². The molecule has 3 aliphatic rings. The average Bonchev–Trinajstić information content (AvgIpc) is 3.54. The maximum Gasteiger partial charge on any atom is 0.430 e. The van der Waals surface area contributed by atoms with Gasteiger partial charge in [0.15, 0.2) is 6.10 Å². The molecular formula is C32H39F3N2O8. The number of furan rings is 2. The molecule has 6 rings (SSSR count). The highest BCUT2D eigenvalue weighted by molar-refractivity contribution is 5.70. The van der Waals surface area contributed by atoms with E-state index in [1.807, 2.05) is 45.0 Å². The van der Waals surface area contributed by atoms with Crippen LogP contribution in [0.1, 0.15) is 47.9 Å². The van der Waals surface area contributed by atoms with Gasteiger partial charge < -0.3 is 37.8 Å². The first-order chi connectivity index (χ1) is 21.2. The Labute approximate surface area is 259 Å². The Morgan fingerprint density at radius 1 is 1.04 bits per heavy atom. The second-order valence-electron chi connectivity index (χ2n) is 11.8. The number of nitrogens with zero attached hydrogens (tertiary/aromatic N) is 2. The van der Waals surface area contributed by atoms with Crippen LogP contribution < -0.4 is 9.84 Å². The number of phenolic OH excluding ortho intramolecular Hbond substituents is 1. The summed E-state index contributed by atoms with van der Waals surface area (Å²) in [7, 11) is 0. The molecule has 3 aromatic rings. The number of carbonyl (C=O) groups excluding carboxylic acids is 2. The number of quaternary nitrogens is 1. The van der Waals surface area contributed by atoms with Gasteiger partial charge in [0.1, 0.15) is 47.1 Å². The number of aliphatic carboxylic acids is 1. The van der Waals surface area contributed by atoms with Crippen molar-refractivity contribution in [3.63, 3.8) is 0 Å². The molecule has 1 aromatic carbocycles. The molecule has 2 bridgehead atoms. The fourth-order valence-corrected chi connectivity index (χ4v) is 5.90. The lowest BCUT2D eigenvalue weighted by atomic mass is 9.83. The number of hydrogen-bond donors (Lipinski definition) is 1. The number of aromatic hydroxyl groups is 1. The van der Waals surface area contributed by atoms with Crippen molar-refractivity contribution in [2.75, 3.05) is 32.8 Å². The van der Waals surface area contributed by atoms with Crippen molar-refractivity contribution in [2.24, 2.45) is 5.92 Å².